The van der Waals surface area contributed by atoms with E-state index >= 15 is 4.39 Å². The Morgan fingerprint density at radius 1 is 1.11 bits per heavy atom. The second kappa shape index (κ2) is 12.1. The van der Waals surface area contributed by atoms with Crippen LogP contribution >= 0.6 is 0 Å². The van der Waals surface area contributed by atoms with Crippen molar-refractivity contribution < 1.29 is 37.5 Å². The van der Waals surface area contributed by atoms with Gasteiger partial charge in [0.1, 0.15) is 34.4 Å². The van der Waals surface area contributed by atoms with Crippen LogP contribution in [0.5, 0.6) is 0 Å². The third-order valence-corrected chi connectivity index (χ3v) is 6.57. The lowest BCUT2D eigenvalue weighted by Gasteiger charge is -2.36. The lowest BCUT2D eigenvalue weighted by molar-refractivity contribution is 0.00647. The van der Waals surface area contributed by atoms with E-state index < -0.39 is 47.1 Å². The quantitative estimate of drug-likeness (QED) is 0.310. The largest absolute Gasteiger partial charge is 0.463 e. The van der Waals surface area contributed by atoms with Crippen LogP contribution < -0.4 is 15.8 Å². The topological polar surface area (TPSA) is 158 Å². The molecule has 238 valence electrons. The Hall–Kier alpha value is -4.69. The van der Waals surface area contributed by atoms with Crippen molar-refractivity contribution in [2.75, 3.05) is 37.5 Å². The number of likely N-dealkylation sites (tertiary alicyclic amines) is 1. The first kappa shape index (κ1) is 32.2. The number of aromatic nitrogens is 3. The van der Waals surface area contributed by atoms with Crippen LogP contribution in [-0.4, -0.2) is 82.4 Å². The molecule has 1 unspecified atom stereocenters. The minimum atomic E-state index is -1.53. The van der Waals surface area contributed by atoms with E-state index in [9.17, 15) is 19.2 Å². The zero-order valence-electron chi connectivity index (χ0n) is 26.0. The summed E-state index contributed by atoms with van der Waals surface area (Å²) in [4.78, 5) is 58.1. The van der Waals surface area contributed by atoms with Gasteiger partial charge in [0.25, 0.3) is 11.3 Å². The monoisotopic (exact) mass is 616 g/mol. The van der Waals surface area contributed by atoms with Gasteiger partial charge in [-0.3, -0.25) is 9.69 Å². The SMILES string of the molecule is COC(=O)c1onc2c(N(C)C(=O)OC(C)(C)C)cc(Nc3cccn(C4CCN(C(=O)OC(C)(C)C)C[C@@H]4F)c3=O)nc12. The van der Waals surface area contributed by atoms with Crippen molar-refractivity contribution in [2.24, 2.45) is 0 Å². The number of rotatable bonds is 5. The first-order valence-corrected chi connectivity index (χ1v) is 13.9. The summed E-state index contributed by atoms with van der Waals surface area (Å²) in [5, 5.41) is 6.83. The highest BCUT2D eigenvalue weighted by atomic mass is 19.1. The zero-order valence-corrected chi connectivity index (χ0v) is 26.0. The van der Waals surface area contributed by atoms with Crippen molar-refractivity contribution in [3.63, 3.8) is 0 Å². The maximum atomic E-state index is 15.4. The number of nitrogens with one attached hydrogen (secondary N) is 1. The van der Waals surface area contributed by atoms with Gasteiger partial charge in [-0.15, -0.1) is 0 Å². The predicted octanol–water partition coefficient (Wildman–Crippen LogP) is 4.81. The Morgan fingerprint density at radius 2 is 1.80 bits per heavy atom. The van der Waals surface area contributed by atoms with E-state index in [0.29, 0.717) is 0 Å². The molecule has 0 radical (unpaired) electrons. The molecule has 0 saturated carbocycles. The molecule has 15 heteroatoms. The van der Waals surface area contributed by atoms with Gasteiger partial charge in [-0.25, -0.2) is 23.8 Å². The number of amides is 2. The van der Waals surface area contributed by atoms with Crippen LogP contribution in [0.2, 0.25) is 0 Å². The number of hydrogen-bond donors (Lipinski definition) is 1. The number of fused-ring (bicyclic) bond motifs is 1. The molecular weight excluding hydrogens is 579 g/mol. The van der Waals surface area contributed by atoms with Crippen LogP contribution in [0.1, 0.15) is 64.6 Å². The summed E-state index contributed by atoms with van der Waals surface area (Å²) in [5.74, 6) is -1.10. The molecule has 44 heavy (non-hydrogen) atoms. The van der Waals surface area contributed by atoms with E-state index in [4.69, 9.17) is 18.7 Å². The van der Waals surface area contributed by atoms with Crippen LogP contribution in [-0.2, 0) is 14.2 Å². The smallest absolute Gasteiger partial charge is 0.414 e. The van der Waals surface area contributed by atoms with E-state index in [2.05, 4.69) is 15.5 Å². The van der Waals surface area contributed by atoms with Crippen LogP contribution in [0.4, 0.5) is 31.2 Å². The van der Waals surface area contributed by atoms with Crippen molar-refractivity contribution in [1.82, 2.24) is 19.6 Å². The Morgan fingerprint density at radius 3 is 2.41 bits per heavy atom. The molecular formula is C29H37FN6O8. The molecule has 1 N–H and O–H groups in total. The summed E-state index contributed by atoms with van der Waals surface area (Å²) >= 11 is 0. The minimum Gasteiger partial charge on any atom is -0.463 e. The maximum absolute atomic E-state index is 15.4. The number of carbonyl (C=O) groups is 3. The molecule has 1 fully saturated rings. The van der Waals surface area contributed by atoms with Gasteiger partial charge in [0, 0.05) is 25.9 Å². The molecule has 3 aromatic rings. The number of halogens is 1. The highest BCUT2D eigenvalue weighted by molar-refractivity contribution is 6.06. The van der Waals surface area contributed by atoms with Crippen LogP contribution in [0.25, 0.3) is 11.0 Å². The number of esters is 1. The van der Waals surface area contributed by atoms with Gasteiger partial charge in [-0.2, -0.15) is 0 Å². The summed E-state index contributed by atoms with van der Waals surface area (Å²) < 4.78 is 37.5. The Balaban J connectivity index is 1.66. The van der Waals surface area contributed by atoms with Gasteiger partial charge in [0.2, 0.25) is 0 Å². The fourth-order valence-electron chi connectivity index (χ4n) is 4.59. The van der Waals surface area contributed by atoms with Gasteiger partial charge in [0.15, 0.2) is 5.52 Å². The number of methoxy groups -OCH3 is 1. The fourth-order valence-corrected chi connectivity index (χ4v) is 4.59. The standard InChI is InChI=1S/C29H37FN6O8/c1-28(2,3)42-26(39)34(7)19-14-20(32-22-21(19)33-44-23(22)25(38)41-8)31-17-10-9-12-36(24(17)37)18-11-13-35(15-16(18)30)27(40)43-29(4,5)6/h9-10,12,14,16,18H,11,13,15H2,1-8H3,(H,31,32)/t16-,18?/m0/s1. The molecule has 2 amide bonds. The second-order valence-electron chi connectivity index (χ2n) is 12.3. The molecule has 4 heterocycles. The molecule has 1 aliphatic rings. The summed E-state index contributed by atoms with van der Waals surface area (Å²) in [7, 11) is 2.61. The number of carbonyl (C=O) groups excluding carboxylic acids is 3. The summed E-state index contributed by atoms with van der Waals surface area (Å²) in [6, 6.07) is 3.66. The number of nitrogens with zero attached hydrogens (tertiary/aromatic N) is 5. The molecule has 0 aromatic carbocycles. The maximum Gasteiger partial charge on any atom is 0.414 e. The van der Waals surface area contributed by atoms with Crippen LogP contribution in [0, 0.1) is 0 Å². The average Bonchev–Trinajstić information content (AvgIpc) is 3.35. The average molecular weight is 617 g/mol. The highest BCUT2D eigenvalue weighted by Crippen LogP contribution is 2.32. The molecule has 4 rings (SSSR count). The molecule has 3 aromatic heterocycles. The van der Waals surface area contributed by atoms with E-state index in [-0.39, 0.29) is 53.5 Å². The normalized spacial score (nSPS) is 17.2. The van der Waals surface area contributed by atoms with Crippen molar-refractivity contribution >= 4 is 46.4 Å². The number of ether oxygens (including phenoxy) is 3. The zero-order chi connectivity index (χ0) is 32.6. The van der Waals surface area contributed by atoms with Crippen molar-refractivity contribution in [1.29, 1.82) is 0 Å². The van der Waals surface area contributed by atoms with E-state index in [1.807, 2.05) is 0 Å². The lowest BCUT2D eigenvalue weighted by Crippen LogP contribution is -2.48. The second-order valence-corrected chi connectivity index (χ2v) is 12.3. The molecule has 1 saturated heterocycles. The fraction of sp³-hybridized carbons (Fsp3) is 0.517. The van der Waals surface area contributed by atoms with Gasteiger partial charge in [-0.05, 0) is 60.1 Å². The number of hydrogen-bond acceptors (Lipinski definition) is 11. The minimum absolute atomic E-state index is 0.0261. The summed E-state index contributed by atoms with van der Waals surface area (Å²) in [6.07, 6.45) is -1.21. The predicted molar refractivity (Wildman–Crippen MR) is 158 cm³/mol. The Bertz CT molecular complexity index is 1620. The number of anilines is 3. The van der Waals surface area contributed by atoms with Crippen molar-refractivity contribution in [2.45, 2.75) is 71.4 Å². The number of alkyl halides is 1. The first-order valence-electron chi connectivity index (χ1n) is 13.9. The molecule has 14 nitrogen and oxygen atoms in total. The summed E-state index contributed by atoms with van der Waals surface area (Å²) in [6.45, 7) is 10.3. The molecule has 1 aliphatic heterocycles. The number of piperidine rings is 1. The Kier molecular flexibility index (Phi) is 8.88. The number of pyridine rings is 2. The van der Waals surface area contributed by atoms with Gasteiger partial charge in [-0.1, -0.05) is 5.16 Å². The van der Waals surface area contributed by atoms with E-state index in [0.717, 1.165) is 7.11 Å². The van der Waals surface area contributed by atoms with Gasteiger partial charge >= 0.3 is 18.2 Å². The van der Waals surface area contributed by atoms with E-state index in [1.165, 1.54) is 39.7 Å². The first-order chi connectivity index (χ1) is 20.5. The van der Waals surface area contributed by atoms with Gasteiger partial charge < -0.3 is 33.5 Å². The molecule has 2 atom stereocenters. The van der Waals surface area contributed by atoms with Crippen molar-refractivity contribution in [3.8, 4) is 0 Å². The van der Waals surface area contributed by atoms with E-state index in [1.54, 1.807) is 47.6 Å². The third-order valence-electron chi connectivity index (χ3n) is 6.57. The third kappa shape index (κ3) is 7.09. The molecule has 0 aliphatic carbocycles. The molecule has 0 spiro atoms. The van der Waals surface area contributed by atoms with Crippen LogP contribution in [0.3, 0.4) is 0 Å². The highest BCUT2D eigenvalue weighted by Gasteiger charge is 2.35. The Labute approximate surface area is 253 Å². The molecule has 0 bridgehead atoms. The summed E-state index contributed by atoms with van der Waals surface area (Å²) in [5.41, 5.74) is -1.81. The lowest BCUT2D eigenvalue weighted by atomic mass is 10.0. The van der Waals surface area contributed by atoms with Crippen LogP contribution in [0.15, 0.2) is 33.7 Å². The van der Waals surface area contributed by atoms with Gasteiger partial charge in [0.05, 0.1) is 25.4 Å². The van der Waals surface area contributed by atoms with Crippen molar-refractivity contribution in [3.05, 3.63) is 40.5 Å².